The van der Waals surface area contributed by atoms with Crippen LogP contribution in [0.2, 0.25) is 5.02 Å². The molecule has 1 fully saturated rings. The molecule has 0 atom stereocenters. The zero-order valence-corrected chi connectivity index (χ0v) is 15.2. The second-order valence-electron chi connectivity index (χ2n) is 6.14. The van der Waals surface area contributed by atoms with E-state index in [0.29, 0.717) is 26.6 Å². The first-order valence-electron chi connectivity index (χ1n) is 8.08. The van der Waals surface area contributed by atoms with Crippen molar-refractivity contribution in [2.24, 2.45) is 0 Å². The number of nitrogens with one attached hydrogen (secondary N) is 1. The van der Waals surface area contributed by atoms with Gasteiger partial charge in [-0.2, -0.15) is 4.98 Å². The highest BCUT2D eigenvalue weighted by Gasteiger charge is 2.17. The minimum absolute atomic E-state index is 0.267. The molecule has 8 heteroatoms. The first-order chi connectivity index (χ1) is 12.0. The van der Waals surface area contributed by atoms with E-state index in [1.165, 1.54) is 0 Å². The number of anilines is 1. The number of hydrogen-bond acceptors (Lipinski definition) is 5. The summed E-state index contributed by atoms with van der Waals surface area (Å²) in [6, 6.07) is 5.60. The number of rotatable bonds is 2. The van der Waals surface area contributed by atoms with E-state index in [2.05, 4.69) is 19.9 Å². The molecule has 0 saturated carbocycles. The maximum atomic E-state index is 12.6. The maximum absolute atomic E-state index is 12.6. The third-order valence-corrected chi connectivity index (χ3v) is 5.26. The quantitative estimate of drug-likeness (QED) is 0.697. The van der Waals surface area contributed by atoms with E-state index in [9.17, 15) is 4.79 Å². The van der Waals surface area contributed by atoms with Gasteiger partial charge in [-0.15, -0.1) is 0 Å². The molecule has 3 heterocycles. The maximum Gasteiger partial charge on any atom is 0.264 e. The lowest BCUT2D eigenvalue weighted by Crippen LogP contribution is -2.24. The monoisotopic (exact) mass is 373 g/mol. The topological polar surface area (TPSA) is 66.8 Å². The van der Waals surface area contributed by atoms with Gasteiger partial charge in [-0.3, -0.25) is 14.3 Å². The number of aromatic amines is 1. The van der Waals surface area contributed by atoms with Gasteiger partial charge in [-0.25, -0.2) is 4.98 Å². The van der Waals surface area contributed by atoms with Gasteiger partial charge in [0.2, 0.25) is 5.95 Å². The lowest BCUT2D eigenvalue weighted by Gasteiger charge is -2.16. The fourth-order valence-electron chi connectivity index (χ4n) is 3.02. The third kappa shape index (κ3) is 2.83. The average molecular weight is 374 g/mol. The Morgan fingerprint density at radius 1 is 1.28 bits per heavy atom. The molecule has 25 heavy (non-hydrogen) atoms. The normalized spacial score (nSPS) is 14.4. The van der Waals surface area contributed by atoms with Gasteiger partial charge in [-0.05, 0) is 37.5 Å². The van der Waals surface area contributed by atoms with Gasteiger partial charge in [0.25, 0.3) is 5.56 Å². The number of benzene rings is 1. The Morgan fingerprint density at radius 3 is 2.76 bits per heavy atom. The predicted octanol–water partition coefficient (Wildman–Crippen LogP) is 3.40. The van der Waals surface area contributed by atoms with Crippen LogP contribution in [0.5, 0.6) is 0 Å². The molecule has 1 aliphatic rings. The number of nitrogens with zero attached hydrogens (tertiary/aromatic N) is 4. The van der Waals surface area contributed by atoms with Gasteiger partial charge >= 0.3 is 0 Å². The minimum Gasteiger partial charge on any atom is -0.342 e. The molecule has 0 spiro atoms. The second-order valence-corrected chi connectivity index (χ2v) is 6.93. The Labute approximate surface area is 154 Å². The molecule has 0 unspecified atom stereocenters. The summed E-state index contributed by atoms with van der Waals surface area (Å²) in [5.74, 6) is 0.563. The molecule has 1 N–H and O–H groups in total. The van der Waals surface area contributed by atoms with E-state index in [-0.39, 0.29) is 5.56 Å². The summed E-state index contributed by atoms with van der Waals surface area (Å²) in [7, 11) is 0. The third-order valence-electron chi connectivity index (χ3n) is 4.46. The highest BCUT2D eigenvalue weighted by Crippen LogP contribution is 2.21. The highest BCUT2D eigenvalue weighted by atomic mass is 35.5. The molecule has 0 radical (unpaired) electrons. The zero-order valence-electron chi connectivity index (χ0n) is 13.6. The van der Waals surface area contributed by atoms with Crippen LogP contribution in [-0.4, -0.2) is 32.6 Å². The molecule has 0 aliphatic carbocycles. The van der Waals surface area contributed by atoms with Crippen LogP contribution in [0.4, 0.5) is 5.95 Å². The summed E-state index contributed by atoms with van der Waals surface area (Å²) >= 11 is 11.7. The standard InChI is InChI=1S/C17H16ClN5OS/c1-10-4-5-11(8-12(10)18)23-9-19-14-13(16(23)25)15(24)21-17(20-14)22-6-2-3-7-22/h4-5,8-9H,2-3,6-7H2,1H3,(H,20,21,24). The van der Waals surface area contributed by atoms with E-state index in [0.717, 1.165) is 37.2 Å². The van der Waals surface area contributed by atoms with E-state index in [1.807, 2.05) is 19.1 Å². The smallest absolute Gasteiger partial charge is 0.264 e. The molecule has 2 aromatic heterocycles. The molecule has 0 bridgehead atoms. The van der Waals surface area contributed by atoms with Crippen molar-refractivity contribution in [1.29, 1.82) is 0 Å². The zero-order chi connectivity index (χ0) is 17.6. The van der Waals surface area contributed by atoms with Gasteiger partial charge in [0.05, 0.1) is 0 Å². The van der Waals surface area contributed by atoms with Crippen LogP contribution in [-0.2, 0) is 0 Å². The van der Waals surface area contributed by atoms with Gasteiger partial charge in [0, 0.05) is 23.8 Å². The molecule has 1 aromatic carbocycles. The van der Waals surface area contributed by atoms with E-state index < -0.39 is 0 Å². The van der Waals surface area contributed by atoms with Gasteiger partial charge < -0.3 is 4.90 Å². The van der Waals surface area contributed by atoms with E-state index in [1.54, 1.807) is 17.0 Å². The molecule has 1 saturated heterocycles. The van der Waals surface area contributed by atoms with E-state index >= 15 is 0 Å². The summed E-state index contributed by atoms with van der Waals surface area (Å²) in [6.07, 6.45) is 3.79. The Bertz CT molecular complexity index is 1080. The van der Waals surface area contributed by atoms with Crippen LogP contribution in [0.3, 0.4) is 0 Å². The minimum atomic E-state index is -0.267. The lowest BCUT2D eigenvalue weighted by atomic mass is 10.2. The molecule has 6 nitrogen and oxygen atoms in total. The Kier molecular flexibility index (Phi) is 4.05. The number of halogens is 1. The van der Waals surface area contributed by atoms with Crippen LogP contribution in [0.1, 0.15) is 18.4 Å². The predicted molar refractivity (Wildman–Crippen MR) is 102 cm³/mol. The van der Waals surface area contributed by atoms with E-state index in [4.69, 9.17) is 23.8 Å². The van der Waals surface area contributed by atoms with Crippen LogP contribution < -0.4 is 10.5 Å². The SMILES string of the molecule is Cc1ccc(-n2cnc3nc(N4CCCC4)[nH]c(=O)c3c2=S)cc1Cl. The fraction of sp³-hybridized carbons (Fsp3) is 0.294. The van der Waals surface area contributed by atoms with Crippen LogP contribution in [0.15, 0.2) is 29.3 Å². The lowest BCUT2D eigenvalue weighted by molar-refractivity contribution is 0.890. The first-order valence-corrected chi connectivity index (χ1v) is 8.86. The summed E-state index contributed by atoms with van der Waals surface area (Å²) in [5, 5.41) is 0.952. The van der Waals surface area contributed by atoms with Crippen molar-refractivity contribution in [3.05, 3.63) is 50.1 Å². The van der Waals surface area contributed by atoms with Crippen molar-refractivity contribution in [1.82, 2.24) is 19.5 Å². The number of H-pyrrole nitrogens is 1. The fourth-order valence-corrected chi connectivity index (χ4v) is 3.53. The molecule has 3 aromatic rings. The van der Waals surface area contributed by atoms with Gasteiger partial charge in [-0.1, -0.05) is 29.9 Å². The van der Waals surface area contributed by atoms with Crippen molar-refractivity contribution >= 4 is 40.8 Å². The molecule has 1 aliphatic heterocycles. The van der Waals surface area contributed by atoms with Crippen molar-refractivity contribution in [3.8, 4) is 5.69 Å². The second kappa shape index (κ2) is 6.24. The van der Waals surface area contributed by atoms with Crippen molar-refractivity contribution in [2.75, 3.05) is 18.0 Å². The van der Waals surface area contributed by atoms with Gasteiger partial charge in [0.15, 0.2) is 5.65 Å². The Balaban J connectivity index is 1.89. The first kappa shape index (κ1) is 16.2. The molecule has 4 rings (SSSR count). The molecule has 128 valence electrons. The van der Waals surface area contributed by atoms with Crippen molar-refractivity contribution in [3.63, 3.8) is 0 Å². The van der Waals surface area contributed by atoms with Gasteiger partial charge in [0.1, 0.15) is 16.4 Å². The highest BCUT2D eigenvalue weighted by molar-refractivity contribution is 7.71. The van der Waals surface area contributed by atoms with Crippen molar-refractivity contribution < 1.29 is 0 Å². The largest absolute Gasteiger partial charge is 0.342 e. The summed E-state index contributed by atoms with van der Waals surface area (Å²) in [6.45, 7) is 3.71. The summed E-state index contributed by atoms with van der Waals surface area (Å²) in [5.41, 5.74) is 1.83. The number of hydrogen-bond donors (Lipinski definition) is 1. The average Bonchev–Trinajstić information content (AvgIpc) is 3.12. The van der Waals surface area contributed by atoms with Crippen LogP contribution >= 0.6 is 23.8 Å². The Morgan fingerprint density at radius 2 is 2.04 bits per heavy atom. The summed E-state index contributed by atoms with van der Waals surface area (Å²) in [4.78, 5) is 26.4. The molecular weight excluding hydrogens is 358 g/mol. The molecular formula is C17H16ClN5OS. The Hall–Kier alpha value is -2.25. The van der Waals surface area contributed by atoms with Crippen LogP contribution in [0, 0.1) is 11.6 Å². The summed E-state index contributed by atoms with van der Waals surface area (Å²) < 4.78 is 2.04. The number of aromatic nitrogens is 4. The number of aryl methyl sites for hydroxylation is 1. The van der Waals surface area contributed by atoms with Crippen molar-refractivity contribution in [2.45, 2.75) is 19.8 Å². The number of fused-ring (bicyclic) bond motifs is 1. The van der Waals surface area contributed by atoms with Crippen LogP contribution in [0.25, 0.3) is 16.7 Å². The molecule has 0 amide bonds.